The van der Waals surface area contributed by atoms with Crippen LogP contribution >= 0.6 is 23.6 Å². The van der Waals surface area contributed by atoms with Crippen molar-refractivity contribution >= 4 is 34.6 Å². The number of hydrogen-bond acceptors (Lipinski definition) is 2. The summed E-state index contributed by atoms with van der Waals surface area (Å²) in [7, 11) is 0. The molecule has 0 fully saturated rings. The van der Waals surface area contributed by atoms with Crippen molar-refractivity contribution in [1.29, 1.82) is 0 Å². The Morgan fingerprint density at radius 1 is 1.55 bits per heavy atom. The molecule has 1 N–H and O–H groups in total. The van der Waals surface area contributed by atoms with Crippen LogP contribution in [-0.2, 0) is 11.1 Å². The van der Waals surface area contributed by atoms with Crippen LogP contribution in [0.25, 0.3) is 0 Å². The average molecular weight is 220 g/mol. The topological polar surface area (TPSA) is 40.5 Å². The van der Waals surface area contributed by atoms with Crippen LogP contribution in [0.3, 0.4) is 0 Å². The lowest BCUT2D eigenvalue weighted by Crippen LogP contribution is -2.32. The van der Waals surface area contributed by atoms with Gasteiger partial charge in [0.15, 0.2) is 11.1 Å². The van der Waals surface area contributed by atoms with Crippen molar-refractivity contribution in [3.63, 3.8) is 0 Å². The SMILES string of the molecule is CC(C)(CCS(=O)O)N(Cl)Cl. The van der Waals surface area contributed by atoms with Crippen molar-refractivity contribution in [2.24, 2.45) is 0 Å². The maximum absolute atomic E-state index is 10.3. The lowest BCUT2D eigenvalue weighted by Gasteiger charge is -2.26. The molecule has 0 aromatic carbocycles. The molecular weight excluding hydrogens is 209 g/mol. The monoisotopic (exact) mass is 219 g/mol. The molecule has 0 spiro atoms. The van der Waals surface area contributed by atoms with Crippen LogP contribution in [0.1, 0.15) is 20.3 Å². The summed E-state index contributed by atoms with van der Waals surface area (Å²) in [6, 6.07) is 0. The summed E-state index contributed by atoms with van der Waals surface area (Å²) in [5, 5.41) is 0. The van der Waals surface area contributed by atoms with Gasteiger partial charge in [-0.1, -0.05) is 0 Å². The molecule has 0 aromatic rings. The second-order valence-electron chi connectivity index (χ2n) is 2.82. The first-order valence-corrected chi connectivity index (χ1v) is 5.01. The normalized spacial score (nSPS) is 15.5. The molecule has 0 bridgehead atoms. The molecule has 0 amide bonds. The second-order valence-corrected chi connectivity index (χ2v) is 4.72. The van der Waals surface area contributed by atoms with Gasteiger partial charge < -0.3 is 4.55 Å². The van der Waals surface area contributed by atoms with Crippen molar-refractivity contribution < 1.29 is 8.76 Å². The molecule has 1 unspecified atom stereocenters. The largest absolute Gasteiger partial charge is 0.306 e. The van der Waals surface area contributed by atoms with Gasteiger partial charge in [0.05, 0.1) is 5.75 Å². The molecule has 0 radical (unpaired) electrons. The first kappa shape index (κ1) is 11.6. The number of rotatable bonds is 4. The quantitative estimate of drug-likeness (QED) is 0.581. The Morgan fingerprint density at radius 2 is 2.00 bits per heavy atom. The molecule has 68 valence electrons. The fourth-order valence-electron chi connectivity index (χ4n) is 0.422. The summed E-state index contributed by atoms with van der Waals surface area (Å²) in [5.41, 5.74) is -0.457. The number of nitrogens with zero attached hydrogens (tertiary/aromatic N) is 1. The van der Waals surface area contributed by atoms with Crippen molar-refractivity contribution in [3.8, 4) is 0 Å². The molecule has 0 aromatic heterocycles. The van der Waals surface area contributed by atoms with Crippen LogP contribution < -0.4 is 0 Å². The lowest BCUT2D eigenvalue weighted by atomic mass is 10.0. The highest BCUT2D eigenvalue weighted by Gasteiger charge is 2.24. The second kappa shape index (κ2) is 4.62. The highest BCUT2D eigenvalue weighted by molar-refractivity contribution is 7.79. The maximum atomic E-state index is 10.3. The van der Waals surface area contributed by atoms with Gasteiger partial charge in [-0.3, -0.25) is 0 Å². The molecule has 11 heavy (non-hydrogen) atoms. The molecule has 0 saturated carbocycles. The molecule has 0 aliphatic rings. The van der Waals surface area contributed by atoms with E-state index in [1.807, 2.05) is 0 Å². The van der Waals surface area contributed by atoms with E-state index in [-0.39, 0.29) is 5.75 Å². The summed E-state index contributed by atoms with van der Waals surface area (Å²) in [6.07, 6.45) is 0.475. The molecule has 3 nitrogen and oxygen atoms in total. The van der Waals surface area contributed by atoms with E-state index in [0.29, 0.717) is 6.42 Å². The third-order valence-electron chi connectivity index (χ3n) is 1.35. The van der Waals surface area contributed by atoms with E-state index in [1.165, 1.54) is 0 Å². The number of hydrogen-bond donors (Lipinski definition) is 1. The minimum absolute atomic E-state index is 0.183. The van der Waals surface area contributed by atoms with Crippen LogP contribution in [0.2, 0.25) is 0 Å². The van der Waals surface area contributed by atoms with Gasteiger partial charge in [0, 0.05) is 5.54 Å². The third kappa shape index (κ3) is 4.98. The number of halogens is 2. The van der Waals surface area contributed by atoms with Crippen molar-refractivity contribution in [2.75, 3.05) is 5.75 Å². The molecule has 0 rings (SSSR count). The van der Waals surface area contributed by atoms with E-state index in [9.17, 15) is 4.21 Å². The Hall–Kier alpha value is 0.650. The Labute approximate surface area is 79.2 Å². The van der Waals surface area contributed by atoms with Gasteiger partial charge in [0.2, 0.25) is 0 Å². The van der Waals surface area contributed by atoms with E-state index in [2.05, 4.69) is 0 Å². The zero-order chi connectivity index (χ0) is 9.07. The first-order valence-electron chi connectivity index (χ1n) is 3.05. The van der Waals surface area contributed by atoms with Crippen LogP contribution in [0, 0.1) is 0 Å². The van der Waals surface area contributed by atoms with E-state index >= 15 is 0 Å². The van der Waals surface area contributed by atoms with E-state index < -0.39 is 16.6 Å². The molecule has 0 aliphatic carbocycles. The van der Waals surface area contributed by atoms with E-state index in [1.54, 1.807) is 13.8 Å². The van der Waals surface area contributed by atoms with Crippen LogP contribution in [-0.4, -0.2) is 24.0 Å². The van der Waals surface area contributed by atoms with Crippen molar-refractivity contribution in [2.45, 2.75) is 25.8 Å². The highest BCUT2D eigenvalue weighted by atomic mass is 35.5. The van der Waals surface area contributed by atoms with E-state index in [0.717, 1.165) is 3.94 Å². The molecule has 0 aliphatic heterocycles. The van der Waals surface area contributed by atoms with Gasteiger partial charge in [-0.25, -0.2) is 4.21 Å². The molecule has 1 atom stereocenters. The van der Waals surface area contributed by atoms with Gasteiger partial charge in [0.25, 0.3) is 0 Å². The van der Waals surface area contributed by atoms with Gasteiger partial charge in [0.1, 0.15) is 0 Å². The van der Waals surface area contributed by atoms with E-state index in [4.69, 9.17) is 28.1 Å². The Morgan fingerprint density at radius 3 is 2.27 bits per heavy atom. The Bertz CT molecular complexity index is 151. The highest BCUT2D eigenvalue weighted by Crippen LogP contribution is 2.23. The predicted molar refractivity (Wildman–Crippen MR) is 47.9 cm³/mol. The molecular formula is C5H11Cl2NO2S. The van der Waals surface area contributed by atoms with Crippen LogP contribution in [0.15, 0.2) is 0 Å². The fourth-order valence-corrected chi connectivity index (χ4v) is 1.26. The summed E-state index contributed by atoms with van der Waals surface area (Å²) in [5.74, 6) is 0.183. The summed E-state index contributed by atoms with van der Waals surface area (Å²) >= 11 is 9.17. The minimum atomic E-state index is -1.77. The third-order valence-corrected chi connectivity index (χ3v) is 2.81. The zero-order valence-electron chi connectivity index (χ0n) is 6.38. The van der Waals surface area contributed by atoms with Crippen LogP contribution in [0.4, 0.5) is 0 Å². The van der Waals surface area contributed by atoms with Gasteiger partial charge in [-0.15, -0.1) is 3.94 Å². The summed E-state index contributed by atoms with van der Waals surface area (Å²) < 4.78 is 19.7. The summed E-state index contributed by atoms with van der Waals surface area (Å²) in [6.45, 7) is 3.58. The smallest absolute Gasteiger partial charge is 0.152 e. The standard InChI is InChI=1S/C5H11Cl2NO2S/c1-5(2,8(6)7)3-4-11(9)10/h3-4H2,1-2H3,(H,9,10). The predicted octanol–water partition coefficient (Wildman–Crippen LogP) is 1.99. The summed E-state index contributed by atoms with van der Waals surface area (Å²) in [4.78, 5) is 0. The molecule has 6 heteroatoms. The van der Waals surface area contributed by atoms with Crippen LogP contribution in [0.5, 0.6) is 0 Å². The lowest BCUT2D eigenvalue weighted by molar-refractivity contribution is 0.340. The van der Waals surface area contributed by atoms with Crippen molar-refractivity contribution in [1.82, 2.24) is 3.94 Å². The Balaban J connectivity index is 3.82. The Kier molecular flexibility index (Phi) is 4.89. The molecule has 0 heterocycles. The van der Waals surface area contributed by atoms with Gasteiger partial charge in [-0.05, 0) is 43.8 Å². The van der Waals surface area contributed by atoms with Gasteiger partial charge >= 0.3 is 0 Å². The average Bonchev–Trinajstić information content (AvgIpc) is 1.84. The molecule has 0 saturated heterocycles. The maximum Gasteiger partial charge on any atom is 0.152 e. The zero-order valence-corrected chi connectivity index (χ0v) is 8.71. The van der Waals surface area contributed by atoms with Gasteiger partial charge in [-0.2, -0.15) is 0 Å². The first-order chi connectivity index (χ1) is 4.86. The fraction of sp³-hybridized carbons (Fsp3) is 1.00. The van der Waals surface area contributed by atoms with Crippen molar-refractivity contribution in [3.05, 3.63) is 0 Å². The minimum Gasteiger partial charge on any atom is -0.306 e.